The van der Waals surface area contributed by atoms with E-state index < -0.39 is 0 Å². The molecule has 0 aromatic carbocycles. The molecule has 2 N–H and O–H groups in total. The molecule has 1 atom stereocenters. The lowest BCUT2D eigenvalue weighted by molar-refractivity contribution is 0.261. The molecule has 0 aliphatic heterocycles. The van der Waals surface area contributed by atoms with Gasteiger partial charge in [-0.05, 0) is 31.6 Å². The highest BCUT2D eigenvalue weighted by Gasteiger charge is 2.20. The Morgan fingerprint density at radius 1 is 1.60 bits per heavy atom. The molecule has 1 fully saturated rings. The van der Waals surface area contributed by atoms with Crippen molar-refractivity contribution in [2.75, 3.05) is 11.9 Å². The van der Waals surface area contributed by atoms with Gasteiger partial charge < -0.3 is 10.4 Å². The van der Waals surface area contributed by atoms with Gasteiger partial charge in [0, 0.05) is 19.2 Å². The van der Waals surface area contributed by atoms with Crippen LogP contribution in [0.1, 0.15) is 39.0 Å². The van der Waals surface area contributed by atoms with Crippen molar-refractivity contribution in [2.24, 2.45) is 5.92 Å². The zero-order valence-electron chi connectivity index (χ0n) is 11.8. The first-order valence-corrected chi connectivity index (χ1v) is 7.66. The second kappa shape index (κ2) is 7.09. The summed E-state index contributed by atoms with van der Waals surface area (Å²) in [7, 11) is 0. The van der Waals surface area contributed by atoms with Crippen molar-refractivity contribution in [3.8, 4) is 0 Å². The molecule has 0 amide bonds. The Morgan fingerprint density at radius 3 is 2.90 bits per heavy atom. The minimum Gasteiger partial charge on any atom is -0.396 e. The number of halogens is 1. The average Bonchev–Trinajstić information content (AvgIpc) is 2.39. The van der Waals surface area contributed by atoms with Crippen molar-refractivity contribution >= 4 is 17.3 Å². The van der Waals surface area contributed by atoms with Crippen molar-refractivity contribution in [1.29, 1.82) is 0 Å². The van der Waals surface area contributed by atoms with Crippen LogP contribution in [0.3, 0.4) is 0 Å². The molecule has 6 heteroatoms. The highest BCUT2D eigenvalue weighted by molar-refractivity contribution is 6.33. The zero-order valence-corrected chi connectivity index (χ0v) is 12.6. The van der Waals surface area contributed by atoms with E-state index in [0.717, 1.165) is 6.42 Å². The van der Waals surface area contributed by atoms with E-state index in [4.69, 9.17) is 16.7 Å². The molecule has 1 aliphatic carbocycles. The van der Waals surface area contributed by atoms with E-state index in [1.165, 1.54) is 30.1 Å². The zero-order chi connectivity index (χ0) is 14.5. The number of aliphatic hydroxyl groups is 1. The quantitative estimate of drug-likeness (QED) is 0.810. The van der Waals surface area contributed by atoms with Crippen LogP contribution in [0, 0.1) is 5.92 Å². The van der Waals surface area contributed by atoms with Gasteiger partial charge in [-0.2, -0.15) is 5.10 Å². The Bertz CT molecular complexity index is 500. The lowest BCUT2D eigenvalue weighted by atomic mass is 9.85. The Morgan fingerprint density at radius 2 is 2.35 bits per heavy atom. The smallest absolute Gasteiger partial charge is 0.291 e. The first kappa shape index (κ1) is 15.3. The molecular weight excluding hydrogens is 278 g/mol. The van der Waals surface area contributed by atoms with Crippen LogP contribution in [0.2, 0.25) is 5.02 Å². The van der Waals surface area contributed by atoms with Crippen LogP contribution in [-0.4, -0.2) is 27.5 Å². The van der Waals surface area contributed by atoms with Gasteiger partial charge in [-0.25, -0.2) is 4.68 Å². The number of anilines is 1. The van der Waals surface area contributed by atoms with Crippen molar-refractivity contribution in [2.45, 2.75) is 51.6 Å². The third-order valence-electron chi connectivity index (χ3n) is 3.97. The number of hydrogen-bond donors (Lipinski definition) is 2. The molecule has 5 nitrogen and oxygen atoms in total. The standard InChI is InChI=1S/C14H22ClN3O2/c1-2-11(6-7-19)17-13-12(15)8-16-18(14(13)20)9-10-4-3-5-10/h8,10-11,17,19H,2-7,9H2,1H3. The second-order valence-corrected chi connectivity index (χ2v) is 5.82. The summed E-state index contributed by atoms with van der Waals surface area (Å²) in [6, 6.07) is 0.0461. The SMILES string of the molecule is CCC(CCO)Nc1c(Cl)cnn(CC2CCC2)c1=O. The Balaban J connectivity index is 2.17. The van der Waals surface area contributed by atoms with Crippen LogP contribution >= 0.6 is 11.6 Å². The summed E-state index contributed by atoms with van der Waals surface area (Å²) in [6.07, 6.45) is 6.52. The Labute approximate surface area is 124 Å². The monoisotopic (exact) mass is 299 g/mol. The van der Waals surface area contributed by atoms with Crippen molar-refractivity contribution in [3.05, 3.63) is 21.6 Å². The molecule has 0 bridgehead atoms. The predicted molar refractivity (Wildman–Crippen MR) is 80.3 cm³/mol. The lowest BCUT2D eigenvalue weighted by Crippen LogP contribution is -2.33. The number of nitrogens with one attached hydrogen (secondary N) is 1. The van der Waals surface area contributed by atoms with Crippen LogP contribution in [0.4, 0.5) is 5.69 Å². The number of nitrogens with zero attached hydrogens (tertiary/aromatic N) is 2. The van der Waals surface area contributed by atoms with Crippen LogP contribution in [-0.2, 0) is 6.54 Å². The van der Waals surface area contributed by atoms with Gasteiger partial charge in [-0.15, -0.1) is 0 Å². The van der Waals surface area contributed by atoms with E-state index >= 15 is 0 Å². The third-order valence-corrected chi connectivity index (χ3v) is 4.26. The van der Waals surface area contributed by atoms with E-state index in [-0.39, 0.29) is 18.2 Å². The lowest BCUT2D eigenvalue weighted by Gasteiger charge is -2.25. The van der Waals surface area contributed by atoms with Gasteiger partial charge in [0.2, 0.25) is 0 Å². The molecule has 0 radical (unpaired) electrons. The molecule has 1 saturated carbocycles. The van der Waals surface area contributed by atoms with Crippen molar-refractivity contribution in [3.63, 3.8) is 0 Å². The molecule has 0 spiro atoms. The molecule has 112 valence electrons. The fourth-order valence-corrected chi connectivity index (χ4v) is 2.57. The summed E-state index contributed by atoms with van der Waals surface area (Å²) in [5.41, 5.74) is 0.238. The number of aromatic nitrogens is 2. The van der Waals surface area contributed by atoms with Gasteiger partial charge >= 0.3 is 0 Å². The van der Waals surface area contributed by atoms with E-state index in [0.29, 0.717) is 29.6 Å². The van der Waals surface area contributed by atoms with Gasteiger partial charge in [0.05, 0.1) is 11.2 Å². The van der Waals surface area contributed by atoms with E-state index in [2.05, 4.69) is 10.4 Å². The van der Waals surface area contributed by atoms with Gasteiger partial charge in [0.25, 0.3) is 5.56 Å². The van der Waals surface area contributed by atoms with Crippen LogP contribution in [0.25, 0.3) is 0 Å². The van der Waals surface area contributed by atoms with Gasteiger partial charge in [0.15, 0.2) is 0 Å². The third kappa shape index (κ3) is 3.52. The van der Waals surface area contributed by atoms with Crippen LogP contribution in [0.5, 0.6) is 0 Å². The fraction of sp³-hybridized carbons (Fsp3) is 0.714. The van der Waals surface area contributed by atoms with E-state index in [9.17, 15) is 4.79 Å². The van der Waals surface area contributed by atoms with E-state index in [1.54, 1.807) is 0 Å². The summed E-state index contributed by atoms with van der Waals surface area (Å²) in [5, 5.41) is 16.6. The molecule has 20 heavy (non-hydrogen) atoms. The average molecular weight is 300 g/mol. The normalized spacial score (nSPS) is 16.8. The van der Waals surface area contributed by atoms with Gasteiger partial charge in [0.1, 0.15) is 5.69 Å². The maximum atomic E-state index is 12.4. The summed E-state index contributed by atoms with van der Waals surface area (Å²) in [5.74, 6) is 0.564. The summed E-state index contributed by atoms with van der Waals surface area (Å²) < 4.78 is 1.50. The van der Waals surface area contributed by atoms with Crippen molar-refractivity contribution in [1.82, 2.24) is 9.78 Å². The number of rotatable bonds is 7. The molecule has 1 aliphatic rings. The fourth-order valence-electron chi connectivity index (χ4n) is 2.39. The highest BCUT2D eigenvalue weighted by Crippen LogP contribution is 2.27. The van der Waals surface area contributed by atoms with Crippen LogP contribution < -0.4 is 10.9 Å². The summed E-state index contributed by atoms with van der Waals surface area (Å²) in [6.45, 7) is 2.77. The van der Waals surface area contributed by atoms with Gasteiger partial charge in [-0.1, -0.05) is 24.9 Å². The minimum atomic E-state index is -0.166. The maximum Gasteiger partial charge on any atom is 0.291 e. The van der Waals surface area contributed by atoms with Crippen molar-refractivity contribution < 1.29 is 5.11 Å². The molecule has 1 aromatic rings. The topological polar surface area (TPSA) is 67.2 Å². The molecule has 1 heterocycles. The first-order valence-electron chi connectivity index (χ1n) is 7.28. The van der Waals surface area contributed by atoms with Gasteiger partial charge in [-0.3, -0.25) is 4.79 Å². The molecule has 2 rings (SSSR count). The molecule has 0 saturated heterocycles. The first-order chi connectivity index (χ1) is 9.65. The minimum absolute atomic E-state index is 0.0461. The molecule has 1 unspecified atom stereocenters. The Hall–Kier alpha value is -1.07. The highest BCUT2D eigenvalue weighted by atomic mass is 35.5. The largest absolute Gasteiger partial charge is 0.396 e. The Kier molecular flexibility index (Phi) is 5.43. The number of aliphatic hydroxyl groups excluding tert-OH is 1. The summed E-state index contributed by atoms with van der Waals surface area (Å²) in [4.78, 5) is 12.4. The van der Waals surface area contributed by atoms with Crippen LogP contribution in [0.15, 0.2) is 11.0 Å². The number of hydrogen-bond acceptors (Lipinski definition) is 4. The predicted octanol–water partition coefficient (Wildman–Crippen LogP) is 2.27. The molecule has 1 aromatic heterocycles. The second-order valence-electron chi connectivity index (χ2n) is 5.41. The summed E-state index contributed by atoms with van der Waals surface area (Å²) >= 11 is 6.09. The molecular formula is C14H22ClN3O2. The van der Waals surface area contributed by atoms with E-state index in [1.807, 2.05) is 6.92 Å². The maximum absolute atomic E-state index is 12.4.